The van der Waals surface area contributed by atoms with Crippen LogP contribution in [-0.4, -0.2) is 31.2 Å². The van der Waals surface area contributed by atoms with E-state index in [0.29, 0.717) is 25.6 Å². The molecule has 0 aromatic heterocycles. The Balaban J connectivity index is 2.71. The second-order valence-electron chi connectivity index (χ2n) is 4.37. The molecule has 1 N–H and O–H groups in total. The molecule has 0 aliphatic carbocycles. The highest BCUT2D eigenvalue weighted by Crippen LogP contribution is 2.26. The van der Waals surface area contributed by atoms with Crippen molar-refractivity contribution in [2.24, 2.45) is 0 Å². The van der Waals surface area contributed by atoms with E-state index in [9.17, 15) is 5.11 Å². The van der Waals surface area contributed by atoms with E-state index in [1.165, 1.54) is 0 Å². The molecular weight excluding hydrogens is 244 g/mol. The second-order valence-corrected chi connectivity index (χ2v) is 4.37. The average molecular weight is 268 g/mol. The monoisotopic (exact) mass is 268 g/mol. The minimum atomic E-state index is -0.562. The van der Waals surface area contributed by atoms with Crippen LogP contribution in [0.25, 0.3) is 0 Å². The first-order valence-corrected chi connectivity index (χ1v) is 6.73. The predicted molar refractivity (Wildman–Crippen MR) is 74.3 cm³/mol. The zero-order valence-corrected chi connectivity index (χ0v) is 12.2. The third-order valence-electron chi connectivity index (χ3n) is 2.70. The van der Waals surface area contributed by atoms with Crippen molar-refractivity contribution < 1.29 is 19.3 Å². The standard InChI is InChI=1S/C15H24O4/c1-5-17-15(18-6-2)10-19-14-9-11(3)7-8-13(14)12(4)16/h7-9,12,15-16H,5-6,10H2,1-4H3/t12-/m1/s1. The van der Waals surface area contributed by atoms with Crippen molar-refractivity contribution in [2.75, 3.05) is 19.8 Å². The summed E-state index contributed by atoms with van der Waals surface area (Å²) in [5, 5.41) is 9.72. The molecule has 0 amide bonds. The molecule has 0 spiro atoms. The molecule has 0 saturated heterocycles. The largest absolute Gasteiger partial charge is 0.488 e. The molecule has 1 aromatic carbocycles. The molecule has 0 aliphatic heterocycles. The Hall–Kier alpha value is -1.10. The third-order valence-corrected chi connectivity index (χ3v) is 2.70. The maximum absolute atomic E-state index is 9.72. The summed E-state index contributed by atoms with van der Waals surface area (Å²) in [7, 11) is 0. The van der Waals surface area contributed by atoms with Gasteiger partial charge in [-0.15, -0.1) is 0 Å². The topological polar surface area (TPSA) is 47.9 Å². The van der Waals surface area contributed by atoms with Crippen LogP contribution in [0.15, 0.2) is 18.2 Å². The van der Waals surface area contributed by atoms with E-state index in [4.69, 9.17) is 14.2 Å². The van der Waals surface area contributed by atoms with E-state index in [1.807, 2.05) is 39.0 Å². The Labute approximate surface area is 115 Å². The van der Waals surface area contributed by atoms with Gasteiger partial charge < -0.3 is 19.3 Å². The van der Waals surface area contributed by atoms with Gasteiger partial charge in [0.2, 0.25) is 0 Å². The minimum Gasteiger partial charge on any atom is -0.488 e. The lowest BCUT2D eigenvalue weighted by atomic mass is 10.1. The molecule has 108 valence electrons. The molecule has 19 heavy (non-hydrogen) atoms. The fourth-order valence-electron chi connectivity index (χ4n) is 1.79. The summed E-state index contributed by atoms with van der Waals surface area (Å²) >= 11 is 0. The smallest absolute Gasteiger partial charge is 0.191 e. The quantitative estimate of drug-likeness (QED) is 0.736. The Bertz CT molecular complexity index is 370. The van der Waals surface area contributed by atoms with Crippen molar-refractivity contribution in [1.82, 2.24) is 0 Å². The molecular formula is C15H24O4. The van der Waals surface area contributed by atoms with Gasteiger partial charge in [0.05, 0.1) is 6.10 Å². The molecule has 0 radical (unpaired) electrons. The zero-order chi connectivity index (χ0) is 14.3. The summed E-state index contributed by atoms with van der Waals surface area (Å²) in [4.78, 5) is 0. The van der Waals surface area contributed by atoms with Gasteiger partial charge in [-0.3, -0.25) is 0 Å². The van der Waals surface area contributed by atoms with Gasteiger partial charge in [-0.2, -0.15) is 0 Å². The number of rotatable bonds is 8. The van der Waals surface area contributed by atoms with Gasteiger partial charge in [0.15, 0.2) is 6.29 Å². The SMILES string of the molecule is CCOC(COc1cc(C)ccc1[C@@H](C)O)OCC. The summed E-state index contributed by atoms with van der Waals surface area (Å²) in [5.74, 6) is 0.680. The summed E-state index contributed by atoms with van der Waals surface area (Å²) in [6.07, 6.45) is -0.939. The van der Waals surface area contributed by atoms with E-state index in [1.54, 1.807) is 6.92 Å². The lowest BCUT2D eigenvalue weighted by molar-refractivity contribution is -0.152. The van der Waals surface area contributed by atoms with E-state index >= 15 is 0 Å². The zero-order valence-electron chi connectivity index (χ0n) is 12.2. The molecule has 1 atom stereocenters. The molecule has 0 bridgehead atoms. The van der Waals surface area contributed by atoms with Crippen LogP contribution in [0.3, 0.4) is 0 Å². The van der Waals surface area contributed by atoms with Crippen LogP contribution in [-0.2, 0) is 9.47 Å². The molecule has 0 aliphatic rings. The predicted octanol–water partition coefficient (Wildman–Crippen LogP) is 2.83. The van der Waals surface area contributed by atoms with Crippen molar-refractivity contribution in [3.8, 4) is 5.75 Å². The molecule has 4 heteroatoms. The number of hydrogen-bond acceptors (Lipinski definition) is 4. The van der Waals surface area contributed by atoms with Crippen LogP contribution in [0, 0.1) is 6.92 Å². The highest BCUT2D eigenvalue weighted by atomic mass is 16.7. The highest BCUT2D eigenvalue weighted by molar-refractivity contribution is 5.38. The van der Waals surface area contributed by atoms with Gasteiger partial charge in [0.25, 0.3) is 0 Å². The normalized spacial score (nSPS) is 12.7. The van der Waals surface area contributed by atoms with Crippen LogP contribution in [0.4, 0.5) is 0 Å². The Morgan fingerprint density at radius 2 is 1.79 bits per heavy atom. The summed E-state index contributed by atoms with van der Waals surface area (Å²) < 4.78 is 16.6. The maximum Gasteiger partial charge on any atom is 0.191 e. The first-order valence-electron chi connectivity index (χ1n) is 6.73. The lowest BCUT2D eigenvalue weighted by Crippen LogP contribution is -2.25. The Morgan fingerprint density at radius 1 is 1.16 bits per heavy atom. The first-order chi connectivity index (χ1) is 9.08. The molecule has 1 aromatic rings. The van der Waals surface area contributed by atoms with E-state index in [2.05, 4.69) is 0 Å². The van der Waals surface area contributed by atoms with Crippen molar-refractivity contribution in [3.63, 3.8) is 0 Å². The number of aliphatic hydroxyl groups excluding tert-OH is 1. The molecule has 0 heterocycles. The van der Waals surface area contributed by atoms with Crippen molar-refractivity contribution in [1.29, 1.82) is 0 Å². The lowest BCUT2D eigenvalue weighted by Gasteiger charge is -2.19. The van der Waals surface area contributed by atoms with Gasteiger partial charge in [-0.25, -0.2) is 0 Å². The van der Waals surface area contributed by atoms with Crippen LogP contribution in [0.1, 0.15) is 38.0 Å². The summed E-state index contributed by atoms with van der Waals surface area (Å²) in [6, 6.07) is 5.75. The van der Waals surface area contributed by atoms with Gasteiger partial charge in [-0.1, -0.05) is 12.1 Å². The number of aryl methyl sites for hydroxylation is 1. The minimum absolute atomic E-state index is 0.310. The van der Waals surface area contributed by atoms with Gasteiger partial charge in [0, 0.05) is 18.8 Å². The summed E-state index contributed by atoms with van der Waals surface area (Å²) in [6.45, 7) is 9.00. The molecule has 0 fully saturated rings. The van der Waals surface area contributed by atoms with Gasteiger partial charge >= 0.3 is 0 Å². The maximum atomic E-state index is 9.72. The fourth-order valence-corrected chi connectivity index (χ4v) is 1.79. The van der Waals surface area contributed by atoms with E-state index in [0.717, 1.165) is 11.1 Å². The number of benzene rings is 1. The highest BCUT2D eigenvalue weighted by Gasteiger charge is 2.13. The van der Waals surface area contributed by atoms with Crippen molar-refractivity contribution in [2.45, 2.75) is 40.1 Å². The number of hydrogen-bond donors (Lipinski definition) is 1. The van der Waals surface area contributed by atoms with Crippen LogP contribution in [0.5, 0.6) is 5.75 Å². The molecule has 0 saturated carbocycles. The van der Waals surface area contributed by atoms with E-state index < -0.39 is 6.10 Å². The Kier molecular flexibility index (Phi) is 6.84. The van der Waals surface area contributed by atoms with Gasteiger partial charge in [-0.05, 0) is 39.3 Å². The van der Waals surface area contributed by atoms with E-state index in [-0.39, 0.29) is 6.29 Å². The number of aliphatic hydroxyl groups is 1. The second kappa shape index (κ2) is 8.15. The number of ether oxygens (including phenoxy) is 3. The van der Waals surface area contributed by atoms with Crippen LogP contribution < -0.4 is 4.74 Å². The average Bonchev–Trinajstić information content (AvgIpc) is 2.36. The molecule has 0 unspecified atom stereocenters. The molecule has 4 nitrogen and oxygen atoms in total. The van der Waals surface area contributed by atoms with Crippen molar-refractivity contribution in [3.05, 3.63) is 29.3 Å². The fraction of sp³-hybridized carbons (Fsp3) is 0.600. The Morgan fingerprint density at radius 3 is 2.32 bits per heavy atom. The first kappa shape index (κ1) is 16.0. The van der Waals surface area contributed by atoms with Crippen LogP contribution >= 0.6 is 0 Å². The van der Waals surface area contributed by atoms with Crippen molar-refractivity contribution >= 4 is 0 Å². The van der Waals surface area contributed by atoms with Crippen LogP contribution in [0.2, 0.25) is 0 Å². The molecule has 1 rings (SSSR count). The third kappa shape index (κ3) is 5.19. The van der Waals surface area contributed by atoms with Gasteiger partial charge in [0.1, 0.15) is 12.4 Å². The summed E-state index contributed by atoms with van der Waals surface area (Å²) in [5.41, 5.74) is 1.86.